The van der Waals surface area contributed by atoms with E-state index in [1.54, 1.807) is 16.8 Å². The van der Waals surface area contributed by atoms with Gasteiger partial charge in [-0.3, -0.25) is 5.43 Å². The van der Waals surface area contributed by atoms with Gasteiger partial charge < -0.3 is 4.74 Å². The molecule has 0 saturated carbocycles. The van der Waals surface area contributed by atoms with Crippen molar-refractivity contribution in [1.29, 1.82) is 0 Å². The van der Waals surface area contributed by atoms with Crippen LogP contribution in [0, 0.1) is 13.8 Å². The number of carbonyl (C=O) groups is 1. The summed E-state index contributed by atoms with van der Waals surface area (Å²) in [6.07, 6.45) is 1.83. The van der Waals surface area contributed by atoms with Crippen molar-refractivity contribution in [3.63, 3.8) is 0 Å². The highest BCUT2D eigenvalue weighted by molar-refractivity contribution is 5.91. The lowest BCUT2D eigenvalue weighted by atomic mass is 10.1. The number of aromatic nitrogens is 2. The lowest BCUT2D eigenvalue weighted by Gasteiger charge is -2.20. The third-order valence-electron chi connectivity index (χ3n) is 4.21. The van der Waals surface area contributed by atoms with Gasteiger partial charge in [0.2, 0.25) is 5.88 Å². The van der Waals surface area contributed by atoms with Gasteiger partial charge in [-0.25, -0.2) is 26.2 Å². The van der Waals surface area contributed by atoms with Crippen molar-refractivity contribution in [2.24, 2.45) is 11.7 Å². The molecule has 1 heterocycles. The highest BCUT2D eigenvalue weighted by Crippen LogP contribution is 2.24. The van der Waals surface area contributed by atoms with Crippen LogP contribution in [0.25, 0.3) is 5.69 Å². The number of carbonyl (C=O) groups excluding carboxylic acids is 1. The molecule has 0 saturated heterocycles. The Hall–Kier alpha value is -3.36. The van der Waals surface area contributed by atoms with Gasteiger partial charge in [-0.05, 0) is 37.6 Å². The zero-order chi connectivity index (χ0) is 19.4. The van der Waals surface area contributed by atoms with Crippen LogP contribution in [0.3, 0.4) is 0 Å². The number of benzene rings is 2. The molecule has 0 radical (unpaired) electrons. The minimum absolute atomic E-state index is 0.207. The third kappa shape index (κ3) is 4.08. The highest BCUT2D eigenvalue weighted by Gasteiger charge is 2.16. The number of hydrazine groups is 2. The summed E-state index contributed by atoms with van der Waals surface area (Å²) in [5, 5.41) is 5.39. The summed E-state index contributed by atoms with van der Waals surface area (Å²) >= 11 is 0. The van der Waals surface area contributed by atoms with E-state index in [9.17, 15) is 4.79 Å². The summed E-state index contributed by atoms with van der Waals surface area (Å²) < 4.78 is 7.57. The number of aryl methyl sites for hydroxylation is 2. The number of ether oxygens (including phenoxy) is 1. The van der Waals surface area contributed by atoms with E-state index in [1.165, 1.54) is 5.56 Å². The number of rotatable bonds is 5. The van der Waals surface area contributed by atoms with Gasteiger partial charge in [-0.15, -0.1) is 5.10 Å². The van der Waals surface area contributed by atoms with Gasteiger partial charge in [0.15, 0.2) is 0 Å². The van der Waals surface area contributed by atoms with Crippen molar-refractivity contribution in [3.8, 4) is 11.6 Å². The Kier molecular flexibility index (Phi) is 5.39. The van der Waals surface area contributed by atoms with Crippen molar-refractivity contribution >= 4 is 11.7 Å². The fraction of sp³-hybridized carbons (Fsp3) is 0.158. The quantitative estimate of drug-likeness (QED) is 0.364. The topological polar surface area (TPSA) is 111 Å². The van der Waals surface area contributed by atoms with E-state index in [-0.39, 0.29) is 6.61 Å². The molecule has 0 aliphatic carbocycles. The maximum Gasteiger partial charge on any atom is 0.350 e. The van der Waals surface area contributed by atoms with Crippen molar-refractivity contribution in [2.75, 3.05) is 5.01 Å². The van der Waals surface area contributed by atoms with Gasteiger partial charge in [-0.1, -0.05) is 29.8 Å². The van der Waals surface area contributed by atoms with E-state index in [4.69, 9.17) is 16.4 Å². The van der Waals surface area contributed by atoms with Gasteiger partial charge >= 0.3 is 6.03 Å². The van der Waals surface area contributed by atoms with Crippen LogP contribution >= 0.6 is 0 Å². The number of nitrogens with two attached hydrogens (primary N) is 2. The summed E-state index contributed by atoms with van der Waals surface area (Å²) in [5.74, 6) is 11.5. The molecule has 3 aromatic rings. The molecule has 27 heavy (non-hydrogen) atoms. The zero-order valence-corrected chi connectivity index (χ0v) is 15.2. The van der Waals surface area contributed by atoms with Crippen LogP contribution in [0.1, 0.15) is 16.7 Å². The van der Waals surface area contributed by atoms with E-state index < -0.39 is 6.03 Å². The molecule has 0 spiro atoms. The molecule has 140 valence electrons. The van der Waals surface area contributed by atoms with Gasteiger partial charge in [0, 0.05) is 17.8 Å². The molecule has 2 amide bonds. The Bertz CT molecular complexity index is 936. The van der Waals surface area contributed by atoms with Crippen LogP contribution < -0.4 is 26.9 Å². The van der Waals surface area contributed by atoms with E-state index in [0.29, 0.717) is 11.6 Å². The number of amides is 2. The minimum Gasteiger partial charge on any atom is -0.472 e. The number of urea groups is 1. The maximum atomic E-state index is 11.7. The third-order valence-corrected chi connectivity index (χ3v) is 4.21. The molecule has 0 unspecified atom stereocenters. The average Bonchev–Trinajstić information content (AvgIpc) is 3.15. The van der Waals surface area contributed by atoms with Crippen molar-refractivity contribution < 1.29 is 9.53 Å². The van der Waals surface area contributed by atoms with E-state index >= 15 is 0 Å². The molecule has 1 aromatic heterocycles. The Balaban J connectivity index is 1.77. The van der Waals surface area contributed by atoms with Gasteiger partial charge in [0.05, 0.1) is 11.4 Å². The molecule has 5 N–H and O–H groups in total. The molecule has 8 nitrogen and oxygen atoms in total. The second kappa shape index (κ2) is 7.90. The largest absolute Gasteiger partial charge is 0.472 e. The maximum absolute atomic E-state index is 11.7. The molecular formula is C19H22N6O2. The summed E-state index contributed by atoms with van der Waals surface area (Å²) in [6.45, 7) is 4.16. The first kappa shape index (κ1) is 18.4. The van der Waals surface area contributed by atoms with Gasteiger partial charge in [-0.2, -0.15) is 0 Å². The first-order chi connectivity index (χ1) is 13.0. The zero-order valence-electron chi connectivity index (χ0n) is 15.2. The van der Waals surface area contributed by atoms with E-state index in [2.05, 4.69) is 5.10 Å². The van der Waals surface area contributed by atoms with Crippen LogP contribution in [-0.4, -0.2) is 15.8 Å². The fourth-order valence-electron chi connectivity index (χ4n) is 2.65. The number of nitrogens with zero attached hydrogens (tertiary/aromatic N) is 3. The molecular weight excluding hydrogens is 344 g/mol. The molecule has 0 fully saturated rings. The average molecular weight is 366 g/mol. The Morgan fingerprint density at radius 2 is 1.93 bits per heavy atom. The first-order valence-electron chi connectivity index (χ1n) is 8.39. The molecule has 8 heteroatoms. The standard InChI is InChI=1S/C19H22N6O2/c1-13-6-8-15(9-7-13)24-11-10-18(23-24)27-12-16-14(2)4-3-5-17(16)25(21)19(26)22-20/h3-11H,12,20-21H2,1-2H3,(H,22,26). The van der Waals surface area contributed by atoms with E-state index in [1.807, 2.05) is 61.9 Å². The molecule has 2 aromatic carbocycles. The molecule has 3 rings (SSSR count). The number of hydrogen-bond donors (Lipinski definition) is 3. The molecule has 0 aliphatic heterocycles. The second-order valence-electron chi connectivity index (χ2n) is 6.11. The normalized spacial score (nSPS) is 10.5. The van der Waals surface area contributed by atoms with Crippen LogP contribution in [-0.2, 0) is 6.61 Å². The summed E-state index contributed by atoms with van der Waals surface area (Å²) in [5.41, 5.74) is 6.36. The van der Waals surface area contributed by atoms with Gasteiger partial charge in [0.1, 0.15) is 6.61 Å². The second-order valence-corrected chi connectivity index (χ2v) is 6.11. The van der Waals surface area contributed by atoms with Gasteiger partial charge in [0.25, 0.3) is 0 Å². The van der Waals surface area contributed by atoms with Crippen LogP contribution in [0.15, 0.2) is 54.7 Å². The lowest BCUT2D eigenvalue weighted by molar-refractivity contribution is 0.246. The van der Waals surface area contributed by atoms with Crippen molar-refractivity contribution in [1.82, 2.24) is 15.2 Å². The van der Waals surface area contributed by atoms with Crippen molar-refractivity contribution in [2.45, 2.75) is 20.5 Å². The monoisotopic (exact) mass is 366 g/mol. The predicted molar refractivity (Wildman–Crippen MR) is 103 cm³/mol. The van der Waals surface area contributed by atoms with Crippen molar-refractivity contribution in [3.05, 3.63) is 71.4 Å². The van der Waals surface area contributed by atoms with E-state index in [0.717, 1.165) is 21.8 Å². The summed E-state index contributed by atoms with van der Waals surface area (Å²) in [7, 11) is 0. The first-order valence-corrected chi connectivity index (χ1v) is 8.39. The lowest BCUT2D eigenvalue weighted by Crippen LogP contribution is -2.48. The molecule has 0 atom stereocenters. The SMILES string of the molecule is Cc1ccc(-n2ccc(OCc3c(C)cccc3N(N)C(=O)NN)n2)cc1. The Labute approximate surface area is 157 Å². The number of nitrogens with one attached hydrogen (secondary N) is 1. The smallest absolute Gasteiger partial charge is 0.350 e. The predicted octanol–water partition coefficient (Wildman–Crippen LogP) is 2.33. The van der Waals surface area contributed by atoms with Crippen LogP contribution in [0.2, 0.25) is 0 Å². The van der Waals surface area contributed by atoms with Crippen LogP contribution in [0.5, 0.6) is 5.88 Å². The number of hydrogen-bond acceptors (Lipinski definition) is 5. The Morgan fingerprint density at radius 3 is 2.63 bits per heavy atom. The fourth-order valence-corrected chi connectivity index (χ4v) is 2.65. The summed E-state index contributed by atoms with van der Waals surface area (Å²) in [4.78, 5) is 11.7. The number of anilines is 1. The minimum atomic E-state index is -0.620. The Morgan fingerprint density at radius 1 is 1.19 bits per heavy atom. The van der Waals surface area contributed by atoms with Crippen LogP contribution in [0.4, 0.5) is 10.5 Å². The molecule has 0 bridgehead atoms. The summed E-state index contributed by atoms with van der Waals surface area (Å²) in [6, 6.07) is 14.6. The molecule has 0 aliphatic rings. The highest BCUT2D eigenvalue weighted by atomic mass is 16.5.